The number of aliphatic hydroxyl groups excluding tert-OH is 1. The molecule has 12 amide bonds. The Kier molecular flexibility index (Phi) is 35.9. The lowest BCUT2D eigenvalue weighted by atomic mass is 9.89. The zero-order valence-electron chi connectivity index (χ0n) is 67.9. The summed E-state index contributed by atoms with van der Waals surface area (Å²) in [6.07, 6.45) is -1.96. The number of likely N-dealkylation sites (tertiary alicyclic amines) is 2. The van der Waals surface area contributed by atoms with Crippen LogP contribution in [-0.4, -0.2) is 246 Å². The molecule has 4 aliphatic rings. The molecule has 0 aromatic heterocycles. The maximum atomic E-state index is 15.1. The smallest absolute Gasteiger partial charge is 0.429 e. The number of hydrogen-bond donors (Lipinski definition) is 8. The molecule has 4 unspecified atom stereocenters. The first-order valence-electron chi connectivity index (χ1n) is 39.1. The lowest BCUT2D eigenvalue weighted by Gasteiger charge is -2.41. The number of methoxy groups -OCH3 is 2. The number of aliphatic hydroxyl groups is 1. The summed E-state index contributed by atoms with van der Waals surface area (Å²) in [5.74, 6) is -8.08. The van der Waals surface area contributed by atoms with Gasteiger partial charge in [0.1, 0.15) is 36.7 Å². The zero-order chi connectivity index (χ0) is 83.9. The molecule has 34 heteroatoms. The van der Waals surface area contributed by atoms with Crippen molar-refractivity contribution in [3.63, 3.8) is 0 Å². The third-order valence-electron chi connectivity index (χ3n) is 21.4. The number of imide groups is 1. The molecule has 3 heterocycles. The molecule has 14 atom stereocenters. The average Bonchev–Trinajstić information content (AvgIpc) is 1.71. The van der Waals surface area contributed by atoms with Crippen molar-refractivity contribution in [2.24, 2.45) is 40.7 Å². The van der Waals surface area contributed by atoms with Crippen LogP contribution in [0.5, 0.6) is 0 Å². The number of ether oxygens (including phenoxy) is 4. The van der Waals surface area contributed by atoms with Gasteiger partial charge in [0.05, 0.1) is 66.9 Å². The highest BCUT2D eigenvalue weighted by Crippen LogP contribution is 2.52. The number of amides is 12. The molecule has 0 radical (unpaired) electrons. The average molecular weight is 1610 g/mol. The number of thioether (sulfide) groups is 1. The summed E-state index contributed by atoms with van der Waals surface area (Å²) >= 11 is 1.31. The largest absolute Gasteiger partial charge is 0.508 e. The molecule has 1 aliphatic carbocycles. The van der Waals surface area contributed by atoms with E-state index in [9.17, 15) is 71.8 Å². The molecule has 0 spiro atoms. The molecular weight excluding hydrogens is 1490 g/mol. The van der Waals surface area contributed by atoms with Gasteiger partial charge < -0.3 is 76.3 Å². The van der Waals surface area contributed by atoms with Crippen LogP contribution in [0.1, 0.15) is 181 Å². The summed E-state index contributed by atoms with van der Waals surface area (Å²) in [6, 6.07) is 3.83. The number of rotatable bonds is 45. The molecule has 2 aromatic carbocycles. The summed E-state index contributed by atoms with van der Waals surface area (Å²) in [4.78, 5) is 200. The minimum Gasteiger partial charge on any atom is -0.429 e. The fourth-order valence-electron chi connectivity index (χ4n) is 14.6. The highest BCUT2D eigenvalue weighted by Gasteiger charge is 2.50. The predicted molar refractivity (Wildman–Crippen MR) is 415 cm³/mol. The first-order chi connectivity index (χ1) is 53.3. The van der Waals surface area contributed by atoms with Gasteiger partial charge in [0, 0.05) is 83.5 Å². The normalized spacial score (nSPS) is 20.0. The zero-order valence-corrected chi connectivity index (χ0v) is 68.7. The standard InChI is InChI=1S/C79H119FN12O20S/c1-16-47(8)68(89(13)76(105)66(45(4)5)87-74(103)67(46(6)7)88(11)12)57(108-14)38-62(96)91-41-54(37-56(91)70(109-15)48(9)71(100)83-49(10)69(99)51-25-27-52(80)28-26-51)111-78(107)110-42-50-23-29-53(30-24-50)84-72(101)55(21-20-35-82-77(81)106)85-73(102)65(44(2)3)86-59(93)22-18-17-19-36-90-63(97)39-58(75(90)104)113-43-79(33-34-79)40-64(98)112-92-60(94)31-32-61(92)95/h23-30,44-49,54-58,60,65-68,70,94H,16-22,31-43H2,1-15H3,(H,83,100)(H,84,101)(H,85,102)(H,86,93)(H,87,103)(H3,81,82,106)/t47-,48+,49-,54-,55?,56-,57+,58?,60?,65-,66-,67-,68?,70+/m0/s1. The fraction of sp³-hybridized carbons (Fsp3) is 0.671. The second-order valence-corrected chi connectivity index (χ2v) is 32.6. The summed E-state index contributed by atoms with van der Waals surface area (Å²) in [5, 5.41) is 26.5. The van der Waals surface area contributed by atoms with Crippen LogP contribution in [0.3, 0.4) is 0 Å². The van der Waals surface area contributed by atoms with Crippen LogP contribution in [-0.2, 0) is 83.1 Å². The lowest BCUT2D eigenvalue weighted by molar-refractivity contribution is -0.221. The van der Waals surface area contributed by atoms with Crippen molar-refractivity contribution in [3.05, 3.63) is 65.5 Å². The summed E-state index contributed by atoms with van der Waals surface area (Å²) < 4.78 is 37.4. The number of ketones is 1. The summed E-state index contributed by atoms with van der Waals surface area (Å²) in [6.45, 7) is 17.6. The van der Waals surface area contributed by atoms with Gasteiger partial charge in [0.15, 0.2) is 12.0 Å². The molecule has 3 saturated heterocycles. The van der Waals surface area contributed by atoms with E-state index in [1.165, 1.54) is 71.9 Å². The van der Waals surface area contributed by atoms with Crippen molar-refractivity contribution in [1.82, 2.24) is 51.2 Å². The number of nitrogens with zero attached hydrogens (tertiary/aromatic N) is 5. The Labute approximate surface area is 665 Å². The highest BCUT2D eigenvalue weighted by atomic mass is 32.2. The molecule has 32 nitrogen and oxygen atoms in total. The molecule has 6 rings (SSSR count). The van der Waals surface area contributed by atoms with E-state index in [-0.39, 0.29) is 137 Å². The Bertz CT molecular complexity index is 3640. The van der Waals surface area contributed by atoms with Gasteiger partial charge in [0.2, 0.25) is 53.2 Å². The number of hydroxylamine groups is 2. The quantitative estimate of drug-likeness (QED) is 0.0176. The van der Waals surface area contributed by atoms with Crippen molar-refractivity contribution >= 4 is 100 Å². The van der Waals surface area contributed by atoms with E-state index in [1.807, 2.05) is 41.5 Å². The van der Waals surface area contributed by atoms with E-state index in [4.69, 9.17) is 29.5 Å². The van der Waals surface area contributed by atoms with E-state index in [0.29, 0.717) is 54.9 Å². The van der Waals surface area contributed by atoms with Crippen LogP contribution < -0.4 is 37.6 Å². The summed E-state index contributed by atoms with van der Waals surface area (Å²) in [7, 11) is 8.00. The minimum atomic E-state index is -1.19. The number of carbonyl (C=O) groups is 14. The topological polar surface area (TPSA) is 420 Å². The monoisotopic (exact) mass is 1610 g/mol. The van der Waals surface area contributed by atoms with E-state index in [0.717, 1.165) is 12.1 Å². The SMILES string of the molecule is CC[C@H](C)C([C@@H](CC(=O)N1C[C@@H](OC(=O)OCc2ccc(NC(=O)C(CCCNC(N)=O)NC(=O)[C@@H](NC(=O)CCCCCN3C(=O)CC(SCC4(CC(=O)ON5C(=O)CCC5O)CC4)C3=O)C(C)C)cc2)C[C@H]1[C@H](OC)[C@@H](C)C(=O)N[C@@H](C)C(=O)c1ccc(F)cc1)OC)N(C)C(=O)[C@@H](NC(=O)[C@H](C(C)C)N(C)C)C(C)C. The number of anilines is 1. The van der Waals surface area contributed by atoms with Gasteiger partial charge in [-0.05, 0) is 131 Å². The lowest BCUT2D eigenvalue weighted by Crippen LogP contribution is -2.59. The van der Waals surface area contributed by atoms with Crippen molar-refractivity contribution in [2.45, 2.75) is 244 Å². The van der Waals surface area contributed by atoms with E-state index in [1.54, 1.807) is 58.9 Å². The molecule has 0 bridgehead atoms. The molecule has 113 heavy (non-hydrogen) atoms. The van der Waals surface area contributed by atoms with E-state index < -0.39 is 155 Å². The molecule has 1 saturated carbocycles. The Morgan fingerprint density at radius 3 is 2.00 bits per heavy atom. The fourth-order valence-corrected chi connectivity index (χ4v) is 16.1. The first kappa shape index (κ1) is 93.0. The maximum absolute atomic E-state index is 15.1. The molecule has 9 N–H and O–H groups in total. The number of primary amides is 1. The van der Waals surface area contributed by atoms with Gasteiger partial charge in [0.25, 0.3) is 5.91 Å². The maximum Gasteiger partial charge on any atom is 0.508 e. The van der Waals surface area contributed by atoms with E-state index >= 15 is 4.79 Å². The highest BCUT2D eigenvalue weighted by molar-refractivity contribution is 8.00. The van der Waals surface area contributed by atoms with Crippen LogP contribution in [0, 0.1) is 40.8 Å². The minimum absolute atomic E-state index is 0.00353. The second kappa shape index (κ2) is 43.6. The number of Topliss-reactive ketones (excluding diaryl/α,β-unsaturated/α-hetero) is 1. The molecular formula is C79H119FN12O20S. The molecule has 628 valence electrons. The van der Waals surface area contributed by atoms with Gasteiger partial charge in [-0.2, -0.15) is 0 Å². The van der Waals surface area contributed by atoms with Crippen molar-refractivity contribution in [2.75, 3.05) is 66.1 Å². The second-order valence-electron chi connectivity index (χ2n) is 31.5. The number of carbonyl (C=O) groups excluding carboxylic acids is 14. The van der Waals surface area contributed by atoms with Crippen molar-refractivity contribution in [1.29, 1.82) is 0 Å². The predicted octanol–water partition coefficient (Wildman–Crippen LogP) is 5.50. The number of benzene rings is 2. The van der Waals surface area contributed by atoms with Gasteiger partial charge in [-0.1, -0.05) is 87.3 Å². The van der Waals surface area contributed by atoms with Crippen LogP contribution in [0.15, 0.2) is 48.5 Å². The van der Waals surface area contributed by atoms with Crippen molar-refractivity contribution in [3.8, 4) is 0 Å². The first-order valence-corrected chi connectivity index (χ1v) is 40.1. The Balaban J connectivity index is 1.06. The van der Waals surface area contributed by atoms with Crippen LogP contribution in [0.25, 0.3) is 0 Å². The molecule has 3 aliphatic heterocycles. The molecule has 2 aromatic rings. The van der Waals surface area contributed by atoms with Gasteiger partial charge in [-0.25, -0.2) is 18.8 Å². The van der Waals surface area contributed by atoms with Gasteiger partial charge in [-0.15, -0.1) is 16.8 Å². The number of halogens is 1. The Morgan fingerprint density at radius 1 is 0.761 bits per heavy atom. The molecule has 4 fully saturated rings. The third kappa shape index (κ3) is 26.9. The van der Waals surface area contributed by atoms with Crippen LogP contribution in [0.4, 0.5) is 19.7 Å². The number of nitrogens with one attached hydrogen (secondary N) is 6. The number of urea groups is 1. The number of hydrogen-bond acceptors (Lipinski definition) is 22. The van der Waals surface area contributed by atoms with Crippen molar-refractivity contribution < 1.29 is 100 Å². The van der Waals surface area contributed by atoms with E-state index in [2.05, 4.69) is 31.9 Å². The van der Waals surface area contributed by atoms with Crippen LogP contribution >= 0.6 is 11.8 Å². The third-order valence-corrected chi connectivity index (χ3v) is 23.0. The Morgan fingerprint density at radius 2 is 1.42 bits per heavy atom. The summed E-state index contributed by atoms with van der Waals surface area (Å²) in [5.41, 5.74) is 5.75. The number of unbranched alkanes of at least 4 members (excludes halogenated alkanes) is 2. The Hall–Kier alpha value is -8.86. The van der Waals surface area contributed by atoms with Crippen LogP contribution in [0.2, 0.25) is 0 Å². The van der Waals surface area contributed by atoms with Gasteiger partial charge >= 0.3 is 18.2 Å². The van der Waals surface area contributed by atoms with Gasteiger partial charge in [-0.3, -0.25) is 62.5 Å². The number of likely N-dealkylation sites (N-methyl/N-ethyl adjacent to an activating group) is 2. The number of nitrogens with two attached hydrogens (primary N) is 1.